The maximum atomic E-state index is 6.20. The summed E-state index contributed by atoms with van der Waals surface area (Å²) in [6.07, 6.45) is 1.69. The molecule has 0 aromatic carbocycles. The van der Waals surface area contributed by atoms with E-state index in [9.17, 15) is 0 Å². The Balaban J connectivity index is 0. The number of hydrogen-bond acceptors (Lipinski definition) is 3. The van der Waals surface area contributed by atoms with Crippen LogP contribution in [0.15, 0.2) is 0 Å². The smallest absolute Gasteiger partial charge is 0.321 e. The van der Waals surface area contributed by atoms with Gasteiger partial charge in [-0.1, -0.05) is 85.6 Å². The zero-order chi connectivity index (χ0) is 26.4. The van der Waals surface area contributed by atoms with Crippen LogP contribution in [0.5, 0.6) is 0 Å². The van der Waals surface area contributed by atoms with E-state index in [1.165, 1.54) is 12.1 Å². The molecule has 0 aromatic rings. The van der Waals surface area contributed by atoms with E-state index in [1.807, 2.05) is 0 Å². The highest BCUT2D eigenvalue weighted by atomic mass is 28.4. The molecule has 0 heterocycles. The molecule has 9 heteroatoms. The Kier molecular flexibility index (Phi) is 13.7. The molecule has 0 aliphatic carbocycles. The molecule has 0 bridgehead atoms. The summed E-state index contributed by atoms with van der Waals surface area (Å²) in [4.78, 5) is 0. The van der Waals surface area contributed by atoms with Gasteiger partial charge in [0.2, 0.25) is 8.32 Å². The van der Waals surface area contributed by atoms with Gasteiger partial charge in [-0.3, -0.25) is 0 Å². The molecule has 0 aliphatic rings. The Morgan fingerprint density at radius 1 is 0.562 bits per heavy atom. The van der Waals surface area contributed by atoms with Gasteiger partial charge in [0.15, 0.2) is 8.32 Å². The van der Waals surface area contributed by atoms with Gasteiger partial charge in [0.05, 0.1) is 30.5 Å². The fourth-order valence-corrected chi connectivity index (χ4v) is 25.8. The van der Waals surface area contributed by atoms with Crippen molar-refractivity contribution in [1.82, 2.24) is 0 Å². The second-order valence-electron chi connectivity index (χ2n) is 14.6. The molecule has 0 atom stereocenters. The van der Waals surface area contributed by atoms with Gasteiger partial charge >= 0.3 is 8.56 Å². The number of rotatable bonds is 12. The van der Waals surface area contributed by atoms with Gasteiger partial charge in [-0.25, -0.2) is 0 Å². The molecule has 0 unspecified atom stereocenters. The molecular weight excluding hydrogens is 493 g/mol. The second kappa shape index (κ2) is 12.4. The van der Waals surface area contributed by atoms with Crippen molar-refractivity contribution in [3.05, 3.63) is 0 Å². The van der Waals surface area contributed by atoms with Crippen molar-refractivity contribution in [3.63, 3.8) is 0 Å². The molecule has 0 fully saturated rings. The van der Waals surface area contributed by atoms with Gasteiger partial charge in [-0.05, 0) is 50.5 Å². The third kappa shape index (κ3) is 13.9. The second-order valence-corrected chi connectivity index (χ2v) is 44.2. The van der Waals surface area contributed by atoms with Crippen molar-refractivity contribution >= 4 is 49.4 Å². The minimum atomic E-state index is -2.00. The third-order valence-corrected chi connectivity index (χ3v) is 30.3. The fourth-order valence-electron chi connectivity index (χ4n) is 3.37. The number of hydrogen-bond donors (Lipinski definition) is 0. The van der Waals surface area contributed by atoms with Crippen LogP contribution in [-0.2, 0) is 13.0 Å². The summed E-state index contributed by atoms with van der Waals surface area (Å²) in [6.45, 7) is 42.6. The lowest BCUT2D eigenvalue weighted by molar-refractivity contribution is 0.257. The lowest BCUT2D eigenvalue weighted by Crippen LogP contribution is -2.53. The standard InChI is InChI=1S/C12H34O3Si4.C11H28Si2/c1-16(2,3)11-13-18(7,8)12-14-19(9,10)15-17(4,5)6;1-9-12(5,6)11(3,4)13(7,8)10-2/h11-12H2,1-10H3;9-10H2,1-8H3. The average Bonchev–Trinajstić information content (AvgIpc) is 2.56. The minimum Gasteiger partial charge on any atom is -0.436 e. The van der Waals surface area contributed by atoms with E-state index in [2.05, 4.69) is 119 Å². The van der Waals surface area contributed by atoms with Gasteiger partial charge < -0.3 is 13.0 Å². The van der Waals surface area contributed by atoms with Crippen LogP contribution in [0.25, 0.3) is 0 Å². The van der Waals surface area contributed by atoms with Gasteiger partial charge in [-0.15, -0.1) is 0 Å². The highest BCUT2D eigenvalue weighted by Crippen LogP contribution is 2.48. The highest BCUT2D eigenvalue weighted by Gasteiger charge is 2.48. The molecule has 196 valence electrons. The minimum absolute atomic E-state index is 0.670. The maximum Gasteiger partial charge on any atom is 0.321 e. The van der Waals surface area contributed by atoms with Crippen LogP contribution in [0.1, 0.15) is 27.7 Å². The average molecular weight is 555 g/mol. The van der Waals surface area contributed by atoms with Crippen LogP contribution in [-0.4, -0.2) is 61.9 Å². The SMILES string of the molecule is CC[Si](C)(C)C(C)(C)[Si](C)(C)CC.C[Si](C)(C)CO[Si](C)(C)CO[Si](C)(C)O[Si](C)(C)C. The Bertz CT molecular complexity index is 529. The van der Waals surface area contributed by atoms with Crippen molar-refractivity contribution in [2.75, 3.05) is 12.5 Å². The molecule has 0 aliphatic heterocycles. The Morgan fingerprint density at radius 2 is 0.938 bits per heavy atom. The van der Waals surface area contributed by atoms with Crippen LogP contribution < -0.4 is 0 Å². The zero-order valence-corrected chi connectivity index (χ0v) is 31.6. The lowest BCUT2D eigenvalue weighted by atomic mass is 10.5. The van der Waals surface area contributed by atoms with E-state index < -0.39 is 49.4 Å². The first-order chi connectivity index (χ1) is 13.7. The van der Waals surface area contributed by atoms with Crippen LogP contribution in [0.3, 0.4) is 0 Å². The third-order valence-electron chi connectivity index (χ3n) is 7.37. The molecule has 0 amide bonds. The van der Waals surface area contributed by atoms with E-state index in [1.54, 1.807) is 0 Å². The van der Waals surface area contributed by atoms with Crippen molar-refractivity contribution < 1.29 is 13.0 Å². The summed E-state index contributed by atoms with van der Waals surface area (Å²) in [5.74, 6) is 0. The molecule has 0 N–H and O–H groups in total. The normalized spacial score (nSPS) is 14.8. The molecule has 0 rings (SSSR count). The molecular formula is C23H62O3Si6. The van der Waals surface area contributed by atoms with Crippen LogP contribution >= 0.6 is 0 Å². The largest absolute Gasteiger partial charge is 0.436 e. The van der Waals surface area contributed by atoms with Crippen LogP contribution in [0.2, 0.25) is 108 Å². The maximum absolute atomic E-state index is 6.20. The van der Waals surface area contributed by atoms with E-state index in [4.69, 9.17) is 13.0 Å². The Labute approximate surface area is 210 Å². The van der Waals surface area contributed by atoms with Gasteiger partial charge in [0, 0.05) is 6.23 Å². The predicted molar refractivity (Wildman–Crippen MR) is 165 cm³/mol. The first-order valence-corrected chi connectivity index (χ1v) is 32.2. The molecule has 0 radical (unpaired) electrons. The molecule has 0 saturated carbocycles. The zero-order valence-electron chi connectivity index (χ0n) is 25.6. The summed E-state index contributed by atoms with van der Waals surface area (Å²) in [5.41, 5.74) is 0. The van der Waals surface area contributed by atoms with Crippen LogP contribution in [0, 0.1) is 0 Å². The first-order valence-electron chi connectivity index (χ1n) is 12.7. The lowest BCUT2D eigenvalue weighted by Gasteiger charge is -2.49. The molecule has 32 heavy (non-hydrogen) atoms. The summed E-state index contributed by atoms with van der Waals surface area (Å²) in [5, 5.41) is 0. The van der Waals surface area contributed by atoms with Crippen LogP contribution in [0.4, 0.5) is 0 Å². The molecule has 0 aromatic heterocycles. The Morgan fingerprint density at radius 3 is 1.22 bits per heavy atom. The fraction of sp³-hybridized carbons (Fsp3) is 1.00. The molecule has 0 spiro atoms. The van der Waals surface area contributed by atoms with Crippen molar-refractivity contribution in [1.29, 1.82) is 0 Å². The topological polar surface area (TPSA) is 27.7 Å². The van der Waals surface area contributed by atoms with E-state index >= 15 is 0 Å². The first kappa shape index (κ1) is 35.3. The summed E-state index contributed by atoms with van der Waals surface area (Å²) >= 11 is 0. The van der Waals surface area contributed by atoms with E-state index in [0.717, 1.165) is 12.5 Å². The quantitative estimate of drug-likeness (QED) is 0.225. The summed E-state index contributed by atoms with van der Waals surface area (Å²) < 4.78 is 19.2. The van der Waals surface area contributed by atoms with Gasteiger partial charge in [0.25, 0.3) is 0 Å². The van der Waals surface area contributed by atoms with E-state index in [0.29, 0.717) is 4.66 Å². The monoisotopic (exact) mass is 554 g/mol. The molecule has 3 nitrogen and oxygen atoms in total. The van der Waals surface area contributed by atoms with Gasteiger partial charge in [-0.2, -0.15) is 0 Å². The van der Waals surface area contributed by atoms with Crippen molar-refractivity contribution in [3.8, 4) is 0 Å². The van der Waals surface area contributed by atoms with Crippen molar-refractivity contribution in [2.24, 2.45) is 0 Å². The summed E-state index contributed by atoms with van der Waals surface area (Å²) in [7, 11) is -8.37. The van der Waals surface area contributed by atoms with Gasteiger partial charge in [0.1, 0.15) is 0 Å². The van der Waals surface area contributed by atoms with Crippen molar-refractivity contribution in [2.45, 2.75) is 136 Å². The predicted octanol–water partition coefficient (Wildman–Crippen LogP) is 8.96. The Hall–Kier alpha value is 1.18. The molecule has 0 saturated heterocycles. The highest BCUT2D eigenvalue weighted by molar-refractivity contribution is 6.99. The van der Waals surface area contributed by atoms with E-state index in [-0.39, 0.29) is 0 Å². The summed E-state index contributed by atoms with van der Waals surface area (Å²) in [6, 6.07) is 2.85.